The lowest BCUT2D eigenvalue weighted by Gasteiger charge is -2.58. The predicted octanol–water partition coefficient (Wildman–Crippen LogP) is 9.63. The average Bonchev–Trinajstić information content (AvgIpc) is 3.49. The van der Waals surface area contributed by atoms with Gasteiger partial charge >= 0.3 is 0 Å². The van der Waals surface area contributed by atoms with Crippen molar-refractivity contribution in [1.29, 1.82) is 0 Å². The molecule has 0 aliphatic heterocycles. The van der Waals surface area contributed by atoms with Gasteiger partial charge in [0.05, 0.1) is 0 Å². The molecule has 0 bridgehead atoms. The van der Waals surface area contributed by atoms with E-state index in [2.05, 4.69) is 63.4 Å². The lowest BCUT2D eigenvalue weighted by atomic mass is 9.47. The molecule has 5 rings (SSSR count). The second-order valence-corrected chi connectivity index (χ2v) is 13.3. The van der Waals surface area contributed by atoms with Crippen molar-refractivity contribution in [2.45, 2.75) is 133 Å². The van der Waals surface area contributed by atoms with Crippen LogP contribution in [-0.2, 0) is 6.54 Å². The number of aromatic nitrogens is 2. The van der Waals surface area contributed by atoms with Crippen molar-refractivity contribution in [2.24, 2.45) is 52.3 Å². The zero-order chi connectivity index (χ0) is 26.5. The number of hydrogen-bond acceptors (Lipinski definition) is 1. The molecule has 9 atom stereocenters. The number of rotatable bonds is 4. The molecule has 1 aromatic rings. The normalized spacial score (nSPS) is 39.6. The summed E-state index contributed by atoms with van der Waals surface area (Å²) in [6.07, 6.45) is 23.7. The molecule has 2 heteroatoms. The Morgan fingerprint density at radius 2 is 1.69 bits per heavy atom. The molecular weight excluding hydrogens is 436 g/mol. The first-order chi connectivity index (χ1) is 17.3. The monoisotopic (exact) mass is 494 g/mol. The molecule has 204 valence electrons. The smallest absolute Gasteiger partial charge is 0.134 e. The van der Waals surface area contributed by atoms with E-state index in [1.165, 1.54) is 70.6 Å². The van der Waals surface area contributed by atoms with Gasteiger partial charge in [0.2, 0.25) is 0 Å². The second-order valence-electron chi connectivity index (χ2n) is 13.3. The maximum Gasteiger partial charge on any atom is 0.134 e. The summed E-state index contributed by atoms with van der Waals surface area (Å²) in [4.78, 5) is 0. The minimum atomic E-state index is 0.544. The van der Waals surface area contributed by atoms with E-state index in [9.17, 15) is 0 Å². The van der Waals surface area contributed by atoms with Crippen LogP contribution >= 0.6 is 0 Å². The molecule has 4 saturated carbocycles. The first-order valence-electron chi connectivity index (χ1n) is 15.8. The Hall–Kier alpha value is -1.23. The molecule has 0 amide bonds. The van der Waals surface area contributed by atoms with Gasteiger partial charge < -0.3 is 0 Å². The standard InChI is InChI=1S/C29H44N2.C3H8.C2H6/c1-6-22-14-17-31(30-22)19-20(3)26-10-11-27-25-9-8-21-18-28(4,7-2)15-12-23(21)24(25)13-16-29(26,27)5;1-3-2;1-2/h1,14,17,20-21,23-27H,7-13,15-16,18-19H2,2-5H3;3H2,1-2H3;1-2H3/t20?,21?,23?,24?,25?,26?,27?,28-,29?;;/m0../s1. The molecule has 4 aliphatic carbocycles. The van der Waals surface area contributed by atoms with E-state index >= 15 is 0 Å². The molecule has 0 saturated heterocycles. The molecule has 36 heavy (non-hydrogen) atoms. The average molecular weight is 495 g/mol. The van der Waals surface area contributed by atoms with Crippen LogP contribution in [0.15, 0.2) is 12.3 Å². The Labute approximate surface area is 224 Å². The Morgan fingerprint density at radius 3 is 2.33 bits per heavy atom. The van der Waals surface area contributed by atoms with Gasteiger partial charge in [0.25, 0.3) is 0 Å². The van der Waals surface area contributed by atoms with Crippen LogP contribution in [0.2, 0.25) is 0 Å². The van der Waals surface area contributed by atoms with E-state index in [4.69, 9.17) is 6.42 Å². The van der Waals surface area contributed by atoms with Gasteiger partial charge in [-0.15, -0.1) is 6.42 Å². The zero-order valence-electron chi connectivity index (χ0n) is 25.2. The maximum absolute atomic E-state index is 5.53. The summed E-state index contributed by atoms with van der Waals surface area (Å²) in [6, 6.07) is 1.98. The van der Waals surface area contributed by atoms with Crippen LogP contribution in [0.3, 0.4) is 0 Å². The van der Waals surface area contributed by atoms with E-state index in [0.29, 0.717) is 16.7 Å². The van der Waals surface area contributed by atoms with Gasteiger partial charge in [0.15, 0.2) is 0 Å². The third-order valence-corrected chi connectivity index (χ3v) is 11.2. The number of hydrogen-bond donors (Lipinski definition) is 0. The topological polar surface area (TPSA) is 17.8 Å². The highest BCUT2D eigenvalue weighted by Crippen LogP contribution is 2.66. The van der Waals surface area contributed by atoms with Crippen LogP contribution in [-0.4, -0.2) is 9.78 Å². The van der Waals surface area contributed by atoms with Gasteiger partial charge in [-0.3, -0.25) is 4.68 Å². The Morgan fingerprint density at radius 1 is 1.00 bits per heavy atom. The van der Waals surface area contributed by atoms with E-state index in [1.54, 1.807) is 0 Å². The number of nitrogens with zero attached hydrogens (tertiary/aromatic N) is 2. The number of terminal acetylenes is 1. The summed E-state index contributed by atoms with van der Waals surface area (Å²) in [5.74, 6) is 9.29. The molecule has 4 fully saturated rings. The van der Waals surface area contributed by atoms with Crippen LogP contribution in [0.25, 0.3) is 0 Å². The minimum absolute atomic E-state index is 0.544. The minimum Gasteiger partial charge on any atom is -0.271 e. The predicted molar refractivity (Wildman–Crippen MR) is 156 cm³/mol. The second kappa shape index (κ2) is 12.5. The van der Waals surface area contributed by atoms with Crippen molar-refractivity contribution in [2.75, 3.05) is 0 Å². The van der Waals surface area contributed by atoms with Crippen molar-refractivity contribution in [3.05, 3.63) is 18.0 Å². The largest absolute Gasteiger partial charge is 0.271 e. The summed E-state index contributed by atoms with van der Waals surface area (Å²) in [6.45, 7) is 19.4. The van der Waals surface area contributed by atoms with Gasteiger partial charge in [0, 0.05) is 12.7 Å². The summed E-state index contributed by atoms with van der Waals surface area (Å²) >= 11 is 0. The Bertz CT molecular complexity index is 848. The number of fused-ring (bicyclic) bond motifs is 5. The summed E-state index contributed by atoms with van der Waals surface area (Å²) in [7, 11) is 0. The molecule has 0 aromatic carbocycles. The fourth-order valence-electron chi connectivity index (χ4n) is 9.45. The molecular formula is C34H58N2. The molecule has 2 nitrogen and oxygen atoms in total. The SMILES string of the molecule is C#Cc1ccn(CC(C)C2CCC3C4CCC5C[C@@](C)(CC)CCC5C4CCC23C)n1.CC.CCC. The molecule has 0 radical (unpaired) electrons. The summed E-state index contributed by atoms with van der Waals surface area (Å²) < 4.78 is 2.10. The molecule has 1 aromatic heterocycles. The van der Waals surface area contributed by atoms with Gasteiger partial charge in [-0.25, -0.2) is 0 Å². The highest BCUT2D eigenvalue weighted by molar-refractivity contribution is 5.21. The molecule has 1 heterocycles. The third-order valence-electron chi connectivity index (χ3n) is 11.2. The van der Waals surface area contributed by atoms with Crippen molar-refractivity contribution in [1.82, 2.24) is 9.78 Å². The maximum atomic E-state index is 5.53. The van der Waals surface area contributed by atoms with Crippen LogP contribution in [0, 0.1) is 64.6 Å². The first-order valence-corrected chi connectivity index (χ1v) is 15.8. The van der Waals surface area contributed by atoms with Gasteiger partial charge in [-0.05, 0) is 122 Å². The van der Waals surface area contributed by atoms with E-state index < -0.39 is 0 Å². The van der Waals surface area contributed by atoms with E-state index in [1.807, 2.05) is 19.9 Å². The van der Waals surface area contributed by atoms with Crippen molar-refractivity contribution >= 4 is 0 Å². The van der Waals surface area contributed by atoms with Crippen LogP contribution in [0.1, 0.15) is 132 Å². The lowest BCUT2D eigenvalue weighted by Crippen LogP contribution is -2.50. The highest BCUT2D eigenvalue weighted by atomic mass is 15.3. The first kappa shape index (κ1) is 29.3. The van der Waals surface area contributed by atoms with Crippen LogP contribution in [0.5, 0.6) is 0 Å². The summed E-state index contributed by atoms with van der Waals surface area (Å²) in [5, 5.41) is 4.58. The molecule has 0 spiro atoms. The molecule has 4 aliphatic rings. The van der Waals surface area contributed by atoms with Crippen LogP contribution < -0.4 is 0 Å². The Kier molecular flexibility index (Phi) is 10.2. The van der Waals surface area contributed by atoms with Gasteiger partial charge in [-0.1, -0.05) is 68.2 Å². The Balaban J connectivity index is 0.000000674. The molecule has 0 N–H and O–H groups in total. The van der Waals surface area contributed by atoms with Gasteiger partial charge in [-0.2, -0.15) is 5.10 Å². The van der Waals surface area contributed by atoms with Crippen LogP contribution in [0.4, 0.5) is 0 Å². The van der Waals surface area contributed by atoms with Gasteiger partial charge in [0.1, 0.15) is 5.69 Å². The quantitative estimate of drug-likeness (QED) is 0.381. The van der Waals surface area contributed by atoms with E-state index in [-0.39, 0.29) is 0 Å². The third kappa shape index (κ3) is 5.76. The van der Waals surface area contributed by atoms with Crippen molar-refractivity contribution in [3.63, 3.8) is 0 Å². The molecule has 8 unspecified atom stereocenters. The fourth-order valence-corrected chi connectivity index (χ4v) is 9.45. The lowest BCUT2D eigenvalue weighted by molar-refractivity contribution is -0.0837. The van der Waals surface area contributed by atoms with Crippen molar-refractivity contribution in [3.8, 4) is 12.3 Å². The van der Waals surface area contributed by atoms with Crippen molar-refractivity contribution < 1.29 is 0 Å². The zero-order valence-corrected chi connectivity index (χ0v) is 25.2. The summed E-state index contributed by atoms with van der Waals surface area (Å²) in [5.41, 5.74) is 1.95. The van der Waals surface area contributed by atoms with E-state index in [0.717, 1.165) is 47.7 Å². The highest BCUT2D eigenvalue weighted by Gasteiger charge is 2.58. The fraction of sp³-hybridized carbons (Fsp3) is 0.853.